The summed E-state index contributed by atoms with van der Waals surface area (Å²) in [7, 11) is 0. The number of hydrogen-bond acceptors (Lipinski definition) is 11. The summed E-state index contributed by atoms with van der Waals surface area (Å²) < 4.78 is -0.0989. The number of nitrogen functional groups attached to an aromatic ring is 1. The van der Waals surface area contributed by atoms with Crippen LogP contribution < -0.4 is 11.1 Å². The Balaban J connectivity index is 1.45. The Labute approximate surface area is 182 Å². The molecule has 0 spiro atoms. The van der Waals surface area contributed by atoms with E-state index in [1.807, 2.05) is 0 Å². The maximum absolute atomic E-state index is 12.7. The first-order chi connectivity index (χ1) is 13.9. The molecule has 0 saturated carbocycles. The molecule has 2 unspecified atom stereocenters. The van der Waals surface area contributed by atoms with Crippen LogP contribution in [-0.4, -0.2) is 83.5 Å². The van der Waals surface area contributed by atoms with Crippen LogP contribution in [0.5, 0.6) is 0 Å². The summed E-state index contributed by atoms with van der Waals surface area (Å²) in [6.45, 7) is 0.124. The first-order valence-electron chi connectivity index (χ1n) is 8.50. The Bertz CT molecular complexity index is 888. The molecule has 5 N–H and O–H groups in total. The zero-order valence-electron chi connectivity index (χ0n) is 14.8. The van der Waals surface area contributed by atoms with E-state index < -0.39 is 23.3 Å². The quantitative estimate of drug-likeness (QED) is 0.200. The van der Waals surface area contributed by atoms with Gasteiger partial charge in [0.15, 0.2) is 10.8 Å². The number of β-lactam (4-membered cyclic amide) rings is 1. The van der Waals surface area contributed by atoms with E-state index in [-0.39, 0.29) is 38.9 Å². The van der Waals surface area contributed by atoms with Crippen molar-refractivity contribution in [3.8, 4) is 0 Å². The van der Waals surface area contributed by atoms with E-state index in [1.165, 1.54) is 22.0 Å². The molecule has 1 aromatic heterocycles. The zero-order chi connectivity index (χ0) is 20.8. The molecule has 3 atom stereocenters. The standard InChI is InChI=1S/C15H17N5O5S4/c16-14-17-6(3-28-14)7(19-25)9(21)18-8-10(22)20-4-15(12(23)24,5-29-11(8)20)13-26-1-2-27-13/h3,8,11,13,25H,1-2,4-5H2,(H2,16,17)(H,18,21)(H,23,24)/t8?,11-,15?/m1/s1. The van der Waals surface area contributed by atoms with Crippen LogP contribution >= 0.6 is 46.6 Å². The maximum Gasteiger partial charge on any atom is 0.314 e. The van der Waals surface area contributed by atoms with E-state index in [0.29, 0.717) is 5.75 Å². The topological polar surface area (TPSA) is 158 Å². The van der Waals surface area contributed by atoms with Gasteiger partial charge in [-0.1, -0.05) is 5.16 Å². The second-order valence-corrected chi connectivity index (χ2v) is 11.4. The second-order valence-electron chi connectivity index (χ2n) is 6.67. The van der Waals surface area contributed by atoms with Crippen molar-refractivity contribution in [2.75, 3.05) is 29.5 Å². The van der Waals surface area contributed by atoms with Crippen molar-refractivity contribution in [1.82, 2.24) is 15.2 Å². The highest BCUT2D eigenvalue weighted by Crippen LogP contribution is 2.52. The fourth-order valence-electron chi connectivity index (χ4n) is 3.46. The highest BCUT2D eigenvalue weighted by molar-refractivity contribution is 8.20. The SMILES string of the molecule is Nc1nc(C(=NO)C(=O)NC2C(=O)N3CC(C(=O)O)(C4SCCS4)CS[C@H]23)cs1. The van der Waals surface area contributed by atoms with Gasteiger partial charge in [0.05, 0.1) is 4.58 Å². The van der Waals surface area contributed by atoms with Gasteiger partial charge in [0.25, 0.3) is 5.91 Å². The molecule has 0 bridgehead atoms. The number of anilines is 1. The van der Waals surface area contributed by atoms with Crippen LogP contribution in [0.15, 0.2) is 10.5 Å². The lowest BCUT2D eigenvalue weighted by atomic mass is 9.89. The number of fused-ring (bicyclic) bond motifs is 1. The lowest BCUT2D eigenvalue weighted by molar-refractivity contribution is -0.157. The van der Waals surface area contributed by atoms with Crippen molar-refractivity contribution >= 4 is 75.2 Å². The highest BCUT2D eigenvalue weighted by Gasteiger charge is 2.60. The van der Waals surface area contributed by atoms with E-state index in [4.69, 9.17) is 5.73 Å². The molecule has 29 heavy (non-hydrogen) atoms. The number of thiazole rings is 1. The fraction of sp³-hybridized carbons (Fsp3) is 0.533. The highest BCUT2D eigenvalue weighted by atomic mass is 32.2. The predicted octanol–water partition coefficient (Wildman–Crippen LogP) is 0.181. The first-order valence-corrected chi connectivity index (χ1v) is 12.5. The van der Waals surface area contributed by atoms with Gasteiger partial charge in [0.2, 0.25) is 5.91 Å². The van der Waals surface area contributed by atoms with E-state index in [2.05, 4.69) is 15.5 Å². The largest absolute Gasteiger partial charge is 0.481 e. The Hall–Kier alpha value is -1.64. The minimum absolute atomic E-state index is 0.0989. The normalized spacial score (nSPS) is 30.0. The molecule has 3 saturated heterocycles. The Kier molecular flexibility index (Phi) is 5.61. The third-order valence-corrected chi connectivity index (χ3v) is 10.7. The van der Waals surface area contributed by atoms with Crippen LogP contribution in [0.25, 0.3) is 0 Å². The average Bonchev–Trinajstić information content (AvgIpc) is 3.38. The number of rotatable bonds is 5. The van der Waals surface area contributed by atoms with Crippen molar-refractivity contribution in [1.29, 1.82) is 0 Å². The van der Waals surface area contributed by atoms with E-state index in [0.717, 1.165) is 22.8 Å². The fourth-order valence-corrected chi connectivity index (χ4v) is 9.12. The smallest absolute Gasteiger partial charge is 0.314 e. The van der Waals surface area contributed by atoms with Crippen molar-refractivity contribution in [3.63, 3.8) is 0 Å². The summed E-state index contributed by atoms with van der Waals surface area (Å²) in [6.07, 6.45) is 0. The molecule has 3 aliphatic heterocycles. The molecule has 0 radical (unpaired) electrons. The Morgan fingerprint density at radius 1 is 1.34 bits per heavy atom. The zero-order valence-corrected chi connectivity index (χ0v) is 18.1. The number of hydrogen-bond donors (Lipinski definition) is 4. The molecule has 0 aromatic carbocycles. The number of nitrogens with one attached hydrogen (secondary N) is 1. The number of carbonyl (C=O) groups excluding carboxylic acids is 2. The third kappa shape index (κ3) is 3.45. The lowest BCUT2D eigenvalue weighted by Crippen LogP contribution is -2.74. The van der Waals surface area contributed by atoms with Crippen LogP contribution in [0.3, 0.4) is 0 Å². The van der Waals surface area contributed by atoms with E-state index in [1.54, 1.807) is 23.5 Å². The van der Waals surface area contributed by atoms with Crippen LogP contribution in [0.1, 0.15) is 5.69 Å². The van der Waals surface area contributed by atoms with E-state index in [9.17, 15) is 24.7 Å². The molecule has 2 amide bonds. The third-order valence-electron chi connectivity index (χ3n) is 4.97. The number of nitrogens with zero attached hydrogens (tertiary/aromatic N) is 3. The average molecular weight is 476 g/mol. The number of thioether (sulfide) groups is 3. The lowest BCUT2D eigenvalue weighted by Gasteiger charge is -2.54. The van der Waals surface area contributed by atoms with Gasteiger partial charge >= 0.3 is 5.97 Å². The molecule has 156 valence electrons. The van der Waals surface area contributed by atoms with Crippen molar-refractivity contribution in [2.24, 2.45) is 10.6 Å². The van der Waals surface area contributed by atoms with Gasteiger partial charge < -0.3 is 26.3 Å². The van der Waals surface area contributed by atoms with Gasteiger partial charge in [-0.15, -0.1) is 46.6 Å². The number of aliphatic carboxylic acids is 1. The van der Waals surface area contributed by atoms with Crippen LogP contribution in [0.4, 0.5) is 5.13 Å². The van der Waals surface area contributed by atoms with Gasteiger partial charge in [0, 0.05) is 29.2 Å². The summed E-state index contributed by atoms with van der Waals surface area (Å²) in [5, 5.41) is 26.0. The number of nitrogens with two attached hydrogens (primary N) is 1. The van der Waals surface area contributed by atoms with Gasteiger partial charge in [-0.05, 0) is 0 Å². The Morgan fingerprint density at radius 2 is 2.07 bits per heavy atom. The number of carboxylic acid groups (broad SMARTS) is 1. The molecule has 14 heteroatoms. The van der Waals surface area contributed by atoms with Crippen molar-refractivity contribution in [3.05, 3.63) is 11.1 Å². The molecule has 4 heterocycles. The molecular formula is C15H17N5O5S4. The number of aromatic nitrogens is 1. The molecule has 0 aliphatic carbocycles. The summed E-state index contributed by atoms with van der Waals surface area (Å²) in [5.74, 6) is 0.173. The number of amides is 2. The Morgan fingerprint density at radius 3 is 2.66 bits per heavy atom. The molecule has 3 aliphatic rings. The molecule has 10 nitrogen and oxygen atoms in total. The summed E-state index contributed by atoms with van der Waals surface area (Å²) in [5.41, 5.74) is 4.33. The first kappa shape index (κ1) is 20.6. The monoisotopic (exact) mass is 475 g/mol. The summed E-state index contributed by atoms with van der Waals surface area (Å²) in [6, 6.07) is -0.809. The predicted molar refractivity (Wildman–Crippen MR) is 114 cm³/mol. The van der Waals surface area contributed by atoms with Gasteiger partial charge in [0.1, 0.15) is 22.5 Å². The van der Waals surface area contributed by atoms with Gasteiger partial charge in [-0.25, -0.2) is 4.98 Å². The van der Waals surface area contributed by atoms with Crippen molar-refractivity contribution < 1.29 is 24.7 Å². The van der Waals surface area contributed by atoms with Crippen LogP contribution in [0.2, 0.25) is 0 Å². The van der Waals surface area contributed by atoms with Crippen LogP contribution in [-0.2, 0) is 14.4 Å². The summed E-state index contributed by atoms with van der Waals surface area (Å²) >= 11 is 5.70. The van der Waals surface area contributed by atoms with Crippen LogP contribution in [0, 0.1) is 5.41 Å². The molecule has 4 rings (SSSR count). The molecular weight excluding hydrogens is 458 g/mol. The molecule has 3 fully saturated rings. The van der Waals surface area contributed by atoms with Crippen molar-refractivity contribution in [2.45, 2.75) is 16.0 Å². The number of carboxylic acids is 1. The van der Waals surface area contributed by atoms with Gasteiger partial charge in [-0.2, -0.15) is 0 Å². The number of carbonyl (C=O) groups is 3. The van der Waals surface area contributed by atoms with Gasteiger partial charge in [-0.3, -0.25) is 14.4 Å². The minimum atomic E-state index is -1.01. The van der Waals surface area contributed by atoms with E-state index >= 15 is 0 Å². The maximum atomic E-state index is 12.7. The molecule has 1 aromatic rings. The minimum Gasteiger partial charge on any atom is -0.481 e. The summed E-state index contributed by atoms with van der Waals surface area (Å²) in [4.78, 5) is 42.7. The second kappa shape index (κ2) is 7.89. The number of oxime groups is 1.